The fraction of sp³-hybridized carbons (Fsp3) is 1.00. The lowest BCUT2D eigenvalue weighted by Gasteiger charge is -2.41. The molecule has 0 aromatic heterocycles. The number of nitrogens with zero attached hydrogens (tertiary/aromatic N) is 1. The summed E-state index contributed by atoms with van der Waals surface area (Å²) < 4.78 is 0. The van der Waals surface area contributed by atoms with Crippen LogP contribution in [0.15, 0.2) is 0 Å². The van der Waals surface area contributed by atoms with Crippen molar-refractivity contribution in [3.8, 4) is 0 Å². The maximum absolute atomic E-state index is 3.55. The first-order chi connectivity index (χ1) is 6.47. The molecule has 1 aliphatic heterocycles. The minimum atomic E-state index is 0.306. The highest BCUT2D eigenvalue weighted by Crippen LogP contribution is 2.22. The maximum Gasteiger partial charge on any atom is 0.0280 e. The van der Waals surface area contributed by atoms with Crippen molar-refractivity contribution >= 4 is 0 Å². The number of rotatable bonds is 2. The molecular formula is C12H26N2. The van der Waals surface area contributed by atoms with Crippen molar-refractivity contribution in [2.75, 3.05) is 19.6 Å². The Morgan fingerprint density at radius 3 is 2.71 bits per heavy atom. The van der Waals surface area contributed by atoms with Crippen molar-refractivity contribution in [1.82, 2.24) is 10.2 Å². The van der Waals surface area contributed by atoms with E-state index in [2.05, 4.69) is 44.8 Å². The summed E-state index contributed by atoms with van der Waals surface area (Å²) in [5.41, 5.74) is 0.306. The highest BCUT2D eigenvalue weighted by atomic mass is 15.2. The van der Waals surface area contributed by atoms with E-state index in [1.54, 1.807) is 0 Å². The van der Waals surface area contributed by atoms with Crippen LogP contribution in [0.25, 0.3) is 0 Å². The minimum absolute atomic E-state index is 0.306. The number of hydrogen-bond donors (Lipinski definition) is 1. The molecule has 0 radical (unpaired) electrons. The van der Waals surface area contributed by atoms with Crippen LogP contribution < -0.4 is 5.32 Å². The minimum Gasteiger partial charge on any atom is -0.315 e. The molecule has 0 amide bonds. The molecule has 1 fully saturated rings. The third kappa shape index (κ3) is 2.71. The molecule has 0 aliphatic carbocycles. The third-order valence-corrected chi connectivity index (χ3v) is 3.46. The van der Waals surface area contributed by atoms with Gasteiger partial charge in [0, 0.05) is 24.7 Å². The van der Waals surface area contributed by atoms with Gasteiger partial charge in [-0.2, -0.15) is 0 Å². The van der Waals surface area contributed by atoms with E-state index in [1.165, 1.54) is 13.0 Å². The smallest absolute Gasteiger partial charge is 0.0280 e. The molecule has 84 valence electrons. The van der Waals surface area contributed by atoms with Crippen LogP contribution >= 0.6 is 0 Å². The fourth-order valence-corrected chi connectivity index (χ4v) is 2.37. The lowest BCUT2D eigenvalue weighted by molar-refractivity contribution is 0.0763. The molecule has 1 heterocycles. The summed E-state index contributed by atoms with van der Waals surface area (Å²) >= 11 is 0. The molecule has 0 bridgehead atoms. The summed E-state index contributed by atoms with van der Waals surface area (Å²) in [5, 5.41) is 3.55. The number of hydrogen-bond acceptors (Lipinski definition) is 2. The van der Waals surface area contributed by atoms with Crippen LogP contribution in [0.5, 0.6) is 0 Å². The summed E-state index contributed by atoms with van der Waals surface area (Å²) in [4.78, 5) is 2.66. The Labute approximate surface area is 89.1 Å². The van der Waals surface area contributed by atoms with Gasteiger partial charge in [-0.25, -0.2) is 0 Å². The standard InChI is InChI=1S/C12H26N2/c1-6-11(3)14-8-10(2)7-13-9-12(14,4)5/h10-11,13H,6-9H2,1-5H3. The van der Waals surface area contributed by atoms with Crippen molar-refractivity contribution in [3.63, 3.8) is 0 Å². The van der Waals surface area contributed by atoms with Crippen LogP contribution in [-0.4, -0.2) is 36.1 Å². The van der Waals surface area contributed by atoms with Crippen LogP contribution in [0.3, 0.4) is 0 Å². The van der Waals surface area contributed by atoms with Gasteiger partial charge in [0.1, 0.15) is 0 Å². The van der Waals surface area contributed by atoms with Gasteiger partial charge in [-0.05, 0) is 39.7 Å². The van der Waals surface area contributed by atoms with E-state index in [9.17, 15) is 0 Å². The quantitative estimate of drug-likeness (QED) is 0.731. The Balaban J connectivity index is 2.73. The number of nitrogens with one attached hydrogen (secondary N) is 1. The Morgan fingerprint density at radius 1 is 1.50 bits per heavy atom. The molecule has 14 heavy (non-hydrogen) atoms. The predicted molar refractivity (Wildman–Crippen MR) is 62.6 cm³/mol. The SMILES string of the molecule is CCC(C)N1CC(C)CNCC1(C)C. The first kappa shape index (κ1) is 12.0. The second-order valence-electron chi connectivity index (χ2n) is 5.46. The van der Waals surface area contributed by atoms with Gasteiger partial charge in [-0.15, -0.1) is 0 Å². The van der Waals surface area contributed by atoms with Crippen LogP contribution in [0.4, 0.5) is 0 Å². The van der Waals surface area contributed by atoms with Gasteiger partial charge in [0.05, 0.1) is 0 Å². The van der Waals surface area contributed by atoms with E-state index in [0.717, 1.165) is 19.0 Å². The van der Waals surface area contributed by atoms with E-state index in [-0.39, 0.29) is 0 Å². The summed E-state index contributed by atoms with van der Waals surface area (Å²) in [5.74, 6) is 0.769. The second kappa shape index (κ2) is 4.63. The van der Waals surface area contributed by atoms with Gasteiger partial charge in [-0.1, -0.05) is 13.8 Å². The molecule has 0 saturated carbocycles. The maximum atomic E-state index is 3.55. The monoisotopic (exact) mass is 198 g/mol. The molecule has 1 aliphatic rings. The van der Waals surface area contributed by atoms with E-state index in [0.29, 0.717) is 11.6 Å². The lowest BCUT2D eigenvalue weighted by Crippen LogP contribution is -2.52. The molecule has 1 N–H and O–H groups in total. The van der Waals surface area contributed by atoms with Crippen molar-refractivity contribution in [3.05, 3.63) is 0 Å². The van der Waals surface area contributed by atoms with Gasteiger partial charge in [0.15, 0.2) is 0 Å². The van der Waals surface area contributed by atoms with Crippen LogP contribution in [0.2, 0.25) is 0 Å². The molecule has 0 aromatic rings. The van der Waals surface area contributed by atoms with Crippen molar-refractivity contribution in [2.24, 2.45) is 5.92 Å². The molecule has 2 nitrogen and oxygen atoms in total. The highest BCUT2D eigenvalue weighted by Gasteiger charge is 2.32. The molecule has 2 atom stereocenters. The molecule has 2 unspecified atom stereocenters. The Hall–Kier alpha value is -0.0800. The van der Waals surface area contributed by atoms with Gasteiger partial charge < -0.3 is 5.32 Å². The molecular weight excluding hydrogens is 172 g/mol. The summed E-state index contributed by atoms with van der Waals surface area (Å²) in [7, 11) is 0. The van der Waals surface area contributed by atoms with Crippen LogP contribution in [0, 0.1) is 5.92 Å². The van der Waals surface area contributed by atoms with Crippen molar-refractivity contribution in [2.45, 2.75) is 52.6 Å². The first-order valence-electron chi connectivity index (χ1n) is 5.95. The lowest BCUT2D eigenvalue weighted by atomic mass is 9.99. The summed E-state index contributed by atoms with van der Waals surface area (Å²) in [6.45, 7) is 15.2. The molecule has 2 heteroatoms. The Bertz CT molecular complexity index is 177. The van der Waals surface area contributed by atoms with Gasteiger partial charge in [0.25, 0.3) is 0 Å². The largest absolute Gasteiger partial charge is 0.315 e. The summed E-state index contributed by atoms with van der Waals surface area (Å²) in [6.07, 6.45) is 1.25. The van der Waals surface area contributed by atoms with Gasteiger partial charge in [-0.3, -0.25) is 4.90 Å². The second-order valence-corrected chi connectivity index (χ2v) is 5.46. The highest BCUT2D eigenvalue weighted by molar-refractivity contribution is 4.90. The van der Waals surface area contributed by atoms with E-state index in [4.69, 9.17) is 0 Å². The Kier molecular flexibility index (Phi) is 3.96. The molecule has 1 saturated heterocycles. The average molecular weight is 198 g/mol. The van der Waals surface area contributed by atoms with E-state index in [1.807, 2.05) is 0 Å². The average Bonchev–Trinajstić information content (AvgIpc) is 2.24. The molecule has 0 spiro atoms. The van der Waals surface area contributed by atoms with Crippen molar-refractivity contribution in [1.29, 1.82) is 0 Å². The van der Waals surface area contributed by atoms with E-state index >= 15 is 0 Å². The van der Waals surface area contributed by atoms with Crippen molar-refractivity contribution < 1.29 is 0 Å². The zero-order valence-electron chi connectivity index (χ0n) is 10.4. The summed E-state index contributed by atoms with van der Waals surface area (Å²) in [6, 6.07) is 0.701. The van der Waals surface area contributed by atoms with Crippen LogP contribution in [-0.2, 0) is 0 Å². The Morgan fingerprint density at radius 2 is 2.14 bits per heavy atom. The molecule has 0 aromatic carbocycles. The van der Waals surface area contributed by atoms with Gasteiger partial charge >= 0.3 is 0 Å². The normalized spacial score (nSPS) is 31.1. The van der Waals surface area contributed by atoms with Gasteiger partial charge in [0.2, 0.25) is 0 Å². The predicted octanol–water partition coefficient (Wildman–Crippen LogP) is 2.10. The zero-order chi connectivity index (χ0) is 10.8. The zero-order valence-corrected chi connectivity index (χ0v) is 10.4. The third-order valence-electron chi connectivity index (χ3n) is 3.46. The van der Waals surface area contributed by atoms with Crippen LogP contribution in [0.1, 0.15) is 41.0 Å². The fourth-order valence-electron chi connectivity index (χ4n) is 2.37. The topological polar surface area (TPSA) is 15.3 Å². The first-order valence-corrected chi connectivity index (χ1v) is 5.95. The molecule has 1 rings (SSSR count). The van der Waals surface area contributed by atoms with E-state index < -0.39 is 0 Å².